The van der Waals surface area contributed by atoms with Crippen LogP contribution in [0.2, 0.25) is 0 Å². The van der Waals surface area contributed by atoms with Crippen LogP contribution >= 0.6 is 0 Å². The van der Waals surface area contributed by atoms with E-state index in [1.165, 1.54) is 6.92 Å². The molecule has 1 aromatic rings. The molecule has 1 aromatic carbocycles. The predicted molar refractivity (Wildman–Crippen MR) is 110 cm³/mol. The molecule has 7 heteroatoms. The average molecular weight is 441 g/mol. The summed E-state index contributed by atoms with van der Waals surface area (Å²) in [5.74, 6) is -1.62. The summed E-state index contributed by atoms with van der Waals surface area (Å²) in [6, 6.07) is 5.42. The Labute approximate surface area is 181 Å². The molecule has 2 aliphatic carbocycles. The minimum absolute atomic E-state index is 0.0599. The Morgan fingerprint density at radius 1 is 0.806 bits per heavy atom. The Morgan fingerprint density at radius 3 is 1.68 bits per heavy atom. The Kier molecular flexibility index (Phi) is 8.00. The summed E-state index contributed by atoms with van der Waals surface area (Å²) < 4.78 is 51.2. The molecule has 0 saturated heterocycles. The summed E-state index contributed by atoms with van der Waals surface area (Å²) in [4.78, 5) is 22.8. The minimum Gasteiger partial charge on any atom is -0.460 e. The largest absolute Gasteiger partial charge is 0.460 e. The summed E-state index contributed by atoms with van der Waals surface area (Å²) in [6.07, 6.45) is 1.60. The van der Waals surface area contributed by atoms with Crippen molar-refractivity contribution in [2.24, 2.45) is 0 Å². The number of hydrogen-bond acceptors (Lipinski definition) is 4. The van der Waals surface area contributed by atoms with Crippen molar-refractivity contribution in [3.8, 4) is 0 Å². The number of rotatable bonds is 6. The molecule has 2 fully saturated rings. The van der Waals surface area contributed by atoms with Gasteiger partial charge in [0.2, 0.25) is 0 Å². The average Bonchev–Trinajstić information content (AvgIpc) is 2.74. The second-order valence-electron chi connectivity index (χ2n) is 8.83. The number of alkyl halides is 2. The summed E-state index contributed by atoms with van der Waals surface area (Å²) in [5, 5.41) is 0. The van der Waals surface area contributed by atoms with Crippen LogP contribution in [0.3, 0.4) is 0 Å². The van der Waals surface area contributed by atoms with Gasteiger partial charge in [-0.05, 0) is 94.2 Å². The van der Waals surface area contributed by atoms with Crippen molar-refractivity contribution >= 4 is 11.9 Å². The van der Waals surface area contributed by atoms with Crippen LogP contribution in [0, 0.1) is 5.82 Å². The number of carbonyl (C=O) groups excluding carboxylic acids is 2. The van der Waals surface area contributed by atoms with E-state index in [1.54, 1.807) is 6.07 Å². The third kappa shape index (κ3) is 6.23. The van der Waals surface area contributed by atoms with Gasteiger partial charge in [-0.15, -0.1) is 0 Å². The van der Waals surface area contributed by atoms with E-state index in [2.05, 4.69) is 0 Å². The molecule has 0 unspecified atom stereocenters. The van der Waals surface area contributed by atoms with E-state index in [0.29, 0.717) is 44.1 Å². The minimum atomic E-state index is -1.63. The fraction of sp³-hybridized carbons (Fsp3) is 0.667. The zero-order valence-electron chi connectivity index (χ0n) is 18.1. The third-order valence-electron chi connectivity index (χ3n) is 6.50. The van der Waals surface area contributed by atoms with Crippen molar-refractivity contribution in [2.75, 3.05) is 0 Å². The lowest BCUT2D eigenvalue weighted by molar-refractivity contribution is -0.156. The molecule has 3 rings (SSSR count). The Bertz CT molecular complexity index is 764. The maximum atomic E-state index is 14.9. The van der Waals surface area contributed by atoms with Gasteiger partial charge in [-0.2, -0.15) is 0 Å². The van der Waals surface area contributed by atoms with Crippen molar-refractivity contribution in [1.29, 1.82) is 0 Å². The molecule has 2 aliphatic rings. The standard InChI is InChI=1S/C24H31F3O4/c1-14(25)23(28)30-19-8-3-16(4-9-19)18-7-12-21(22(27)13-18)17-5-10-20(11-6-17)31-24(29)15(2)26/h7,12-17,19-20H,3-6,8-11H2,1-2H3/t14-,15-,16?,17?,19?,20?/m0/s1. The topological polar surface area (TPSA) is 52.6 Å². The van der Waals surface area contributed by atoms with Crippen molar-refractivity contribution in [2.45, 2.75) is 102 Å². The van der Waals surface area contributed by atoms with Gasteiger partial charge >= 0.3 is 11.9 Å². The van der Waals surface area contributed by atoms with Crippen molar-refractivity contribution in [3.63, 3.8) is 0 Å². The van der Waals surface area contributed by atoms with Crippen LogP contribution in [0.1, 0.15) is 88.2 Å². The van der Waals surface area contributed by atoms with E-state index >= 15 is 0 Å². The smallest absolute Gasteiger partial charge is 0.340 e. The van der Waals surface area contributed by atoms with E-state index in [9.17, 15) is 22.8 Å². The molecule has 0 spiro atoms. The summed E-state index contributed by atoms with van der Waals surface area (Å²) in [6.45, 7) is 2.33. The maximum Gasteiger partial charge on any atom is 0.340 e. The normalized spacial score (nSPS) is 28.4. The third-order valence-corrected chi connectivity index (χ3v) is 6.50. The molecular weight excluding hydrogens is 409 g/mol. The van der Waals surface area contributed by atoms with Crippen LogP contribution in [0.4, 0.5) is 13.2 Å². The number of benzene rings is 1. The van der Waals surface area contributed by atoms with Crippen LogP contribution in [-0.2, 0) is 19.1 Å². The Balaban J connectivity index is 1.52. The number of hydrogen-bond donors (Lipinski definition) is 0. The molecule has 0 aliphatic heterocycles. The molecule has 2 atom stereocenters. The molecule has 172 valence electrons. The zero-order chi connectivity index (χ0) is 22.5. The fourth-order valence-electron chi connectivity index (χ4n) is 4.65. The number of halogens is 3. The van der Waals surface area contributed by atoms with Gasteiger partial charge < -0.3 is 9.47 Å². The molecule has 2 saturated carbocycles. The summed E-state index contributed by atoms with van der Waals surface area (Å²) >= 11 is 0. The molecule has 0 radical (unpaired) electrons. The first-order valence-corrected chi connectivity index (χ1v) is 11.2. The highest BCUT2D eigenvalue weighted by molar-refractivity contribution is 5.74. The molecule has 31 heavy (non-hydrogen) atoms. The molecule has 4 nitrogen and oxygen atoms in total. The molecule has 0 heterocycles. The van der Waals surface area contributed by atoms with Gasteiger partial charge in [0.25, 0.3) is 0 Å². The highest BCUT2D eigenvalue weighted by Crippen LogP contribution is 2.38. The summed E-state index contributed by atoms with van der Waals surface area (Å²) in [5.41, 5.74) is 1.61. The lowest BCUT2D eigenvalue weighted by atomic mass is 9.79. The van der Waals surface area contributed by atoms with Gasteiger partial charge in [-0.1, -0.05) is 12.1 Å². The molecular formula is C24H31F3O4. The van der Waals surface area contributed by atoms with Crippen molar-refractivity contribution in [3.05, 3.63) is 35.1 Å². The molecule has 0 bridgehead atoms. The van der Waals surface area contributed by atoms with Gasteiger partial charge in [0.15, 0.2) is 12.3 Å². The predicted octanol–water partition coefficient (Wildman–Crippen LogP) is 5.68. The first kappa shape index (κ1) is 23.6. The fourth-order valence-corrected chi connectivity index (χ4v) is 4.65. The first-order chi connectivity index (χ1) is 14.7. The van der Waals surface area contributed by atoms with E-state index in [0.717, 1.165) is 25.3 Å². The highest BCUT2D eigenvalue weighted by atomic mass is 19.1. The van der Waals surface area contributed by atoms with Crippen LogP contribution in [0.25, 0.3) is 0 Å². The Hall–Kier alpha value is -2.05. The molecule has 0 aromatic heterocycles. The lowest BCUT2D eigenvalue weighted by Crippen LogP contribution is -2.27. The number of carbonyl (C=O) groups is 2. The van der Waals surface area contributed by atoms with Crippen LogP contribution < -0.4 is 0 Å². The maximum absolute atomic E-state index is 14.9. The van der Waals surface area contributed by atoms with Crippen LogP contribution in [0.15, 0.2) is 18.2 Å². The van der Waals surface area contributed by atoms with Gasteiger partial charge in [-0.3, -0.25) is 0 Å². The van der Waals surface area contributed by atoms with Crippen molar-refractivity contribution < 1.29 is 32.2 Å². The number of ether oxygens (including phenoxy) is 2. The van der Waals surface area contributed by atoms with Crippen LogP contribution in [0.5, 0.6) is 0 Å². The van der Waals surface area contributed by atoms with Gasteiger partial charge in [0.1, 0.15) is 18.0 Å². The van der Waals surface area contributed by atoms with Gasteiger partial charge in [0.05, 0.1) is 0 Å². The van der Waals surface area contributed by atoms with E-state index in [-0.39, 0.29) is 29.9 Å². The monoisotopic (exact) mass is 440 g/mol. The second kappa shape index (κ2) is 10.5. The highest BCUT2D eigenvalue weighted by Gasteiger charge is 2.30. The summed E-state index contributed by atoms with van der Waals surface area (Å²) in [7, 11) is 0. The van der Waals surface area contributed by atoms with Gasteiger partial charge in [0, 0.05) is 0 Å². The second-order valence-corrected chi connectivity index (χ2v) is 8.83. The number of esters is 2. The molecule has 0 N–H and O–H groups in total. The SMILES string of the molecule is C[C@H](F)C(=O)OC1CCC(c2ccc(C3CCC(OC(=O)[C@H](C)F)CC3)c(F)c2)CC1. The lowest BCUT2D eigenvalue weighted by Gasteiger charge is -2.30. The first-order valence-electron chi connectivity index (χ1n) is 11.2. The Morgan fingerprint density at radius 2 is 1.26 bits per heavy atom. The van der Waals surface area contributed by atoms with E-state index in [1.807, 2.05) is 12.1 Å². The van der Waals surface area contributed by atoms with Crippen molar-refractivity contribution in [1.82, 2.24) is 0 Å². The zero-order valence-corrected chi connectivity index (χ0v) is 18.1. The quantitative estimate of drug-likeness (QED) is 0.534. The molecule has 0 amide bonds. The van der Waals surface area contributed by atoms with Gasteiger partial charge in [-0.25, -0.2) is 22.8 Å². The van der Waals surface area contributed by atoms with Crippen LogP contribution in [-0.4, -0.2) is 36.5 Å². The van der Waals surface area contributed by atoms with E-state index < -0.39 is 24.3 Å². The van der Waals surface area contributed by atoms with E-state index in [4.69, 9.17) is 9.47 Å².